The summed E-state index contributed by atoms with van der Waals surface area (Å²) in [5.41, 5.74) is 5.94. The fourth-order valence-corrected chi connectivity index (χ4v) is 4.05. The van der Waals surface area contributed by atoms with Crippen LogP contribution >= 0.6 is 0 Å². The minimum Gasteiger partial charge on any atom is -0.497 e. The molecule has 0 aliphatic carbocycles. The third-order valence-corrected chi connectivity index (χ3v) is 5.77. The summed E-state index contributed by atoms with van der Waals surface area (Å²) in [5.74, 6) is 0.419. The smallest absolute Gasteiger partial charge is 0.335 e. The molecule has 0 saturated heterocycles. The molecule has 0 amide bonds. The number of methoxy groups -OCH3 is 1. The summed E-state index contributed by atoms with van der Waals surface area (Å²) in [5, 5.41) is 12.8. The Morgan fingerprint density at radius 3 is 2.41 bits per heavy atom. The molecule has 0 aliphatic rings. The average molecular weight is 450 g/mol. The van der Waals surface area contributed by atoms with Crippen molar-refractivity contribution in [1.82, 2.24) is 9.55 Å². The first-order valence-electron chi connectivity index (χ1n) is 10.9. The van der Waals surface area contributed by atoms with Crippen LogP contribution in [-0.2, 0) is 6.54 Å². The summed E-state index contributed by atoms with van der Waals surface area (Å²) in [6.07, 6.45) is 0. The fraction of sp³-hybridized carbons (Fsp3) is 0.0714. The van der Waals surface area contributed by atoms with Gasteiger partial charge in [0.15, 0.2) is 0 Å². The molecule has 5 rings (SSSR count). The number of hydrogen-bond donors (Lipinski definition) is 2. The summed E-state index contributed by atoms with van der Waals surface area (Å²) in [4.78, 5) is 16.3. The van der Waals surface area contributed by atoms with Crippen LogP contribution in [0, 0.1) is 0 Å². The molecule has 0 fully saturated rings. The number of imidazole rings is 1. The largest absolute Gasteiger partial charge is 0.497 e. The number of nitrogens with one attached hydrogen (secondary N) is 1. The lowest BCUT2D eigenvalue weighted by Crippen LogP contribution is -2.06. The second kappa shape index (κ2) is 9.11. The number of rotatable bonds is 7. The predicted molar refractivity (Wildman–Crippen MR) is 134 cm³/mol. The van der Waals surface area contributed by atoms with Crippen LogP contribution in [0.3, 0.4) is 0 Å². The van der Waals surface area contributed by atoms with Crippen LogP contribution < -0.4 is 10.1 Å². The molecule has 0 unspecified atom stereocenters. The summed E-state index contributed by atoms with van der Waals surface area (Å²) in [6, 6.07) is 31.2. The van der Waals surface area contributed by atoms with Gasteiger partial charge >= 0.3 is 5.97 Å². The second-order valence-electron chi connectivity index (χ2n) is 7.91. The third kappa shape index (κ3) is 4.21. The minimum atomic E-state index is -0.976. The number of carbonyl (C=O) groups is 1. The lowest BCUT2D eigenvalue weighted by molar-refractivity contribution is 0.0697. The van der Waals surface area contributed by atoms with Crippen molar-refractivity contribution in [2.45, 2.75) is 6.54 Å². The fourth-order valence-electron chi connectivity index (χ4n) is 4.05. The molecular weight excluding hydrogens is 426 g/mol. The monoisotopic (exact) mass is 449 g/mol. The highest BCUT2D eigenvalue weighted by Gasteiger charge is 2.16. The molecule has 6 nitrogen and oxygen atoms in total. The lowest BCUT2D eigenvalue weighted by atomic mass is 9.99. The van der Waals surface area contributed by atoms with Crippen LogP contribution in [0.1, 0.15) is 15.9 Å². The Morgan fingerprint density at radius 2 is 1.68 bits per heavy atom. The van der Waals surface area contributed by atoms with E-state index in [2.05, 4.69) is 34.1 Å². The van der Waals surface area contributed by atoms with Crippen molar-refractivity contribution in [3.8, 4) is 16.9 Å². The van der Waals surface area contributed by atoms with Gasteiger partial charge in [-0.25, -0.2) is 9.78 Å². The number of aromatic nitrogens is 2. The van der Waals surface area contributed by atoms with E-state index < -0.39 is 5.97 Å². The Kier molecular flexibility index (Phi) is 5.70. The van der Waals surface area contributed by atoms with E-state index in [1.807, 2.05) is 60.7 Å². The van der Waals surface area contributed by atoms with Crippen molar-refractivity contribution >= 4 is 28.6 Å². The summed E-state index contributed by atoms with van der Waals surface area (Å²) in [7, 11) is 1.63. The van der Waals surface area contributed by atoms with Crippen LogP contribution in [0.5, 0.6) is 5.75 Å². The van der Waals surface area contributed by atoms with E-state index in [0.29, 0.717) is 18.0 Å². The molecule has 2 N–H and O–H groups in total. The summed E-state index contributed by atoms with van der Waals surface area (Å²) in [6.45, 7) is 0.562. The van der Waals surface area contributed by atoms with Gasteiger partial charge < -0.3 is 19.7 Å². The summed E-state index contributed by atoms with van der Waals surface area (Å²) >= 11 is 0. The zero-order valence-electron chi connectivity index (χ0n) is 18.6. The Balaban J connectivity index is 1.60. The number of aromatic carboxylic acids is 1. The molecule has 34 heavy (non-hydrogen) atoms. The number of nitrogens with zero attached hydrogens (tertiary/aromatic N) is 2. The first kappa shape index (κ1) is 21.3. The molecule has 5 aromatic rings. The molecule has 1 aromatic heterocycles. The molecule has 6 heteroatoms. The molecule has 0 radical (unpaired) electrons. The maximum Gasteiger partial charge on any atom is 0.335 e. The van der Waals surface area contributed by atoms with E-state index in [4.69, 9.17) is 9.72 Å². The van der Waals surface area contributed by atoms with Crippen molar-refractivity contribution in [3.05, 3.63) is 108 Å². The first-order valence-corrected chi connectivity index (χ1v) is 10.9. The van der Waals surface area contributed by atoms with E-state index in [0.717, 1.165) is 33.6 Å². The van der Waals surface area contributed by atoms with Gasteiger partial charge in [0, 0.05) is 5.69 Å². The van der Waals surface area contributed by atoms with Crippen LogP contribution in [0.15, 0.2) is 97.1 Å². The highest BCUT2D eigenvalue weighted by atomic mass is 16.5. The molecule has 168 valence electrons. The van der Waals surface area contributed by atoms with Crippen molar-refractivity contribution in [3.63, 3.8) is 0 Å². The van der Waals surface area contributed by atoms with E-state index in [9.17, 15) is 9.90 Å². The average Bonchev–Trinajstić information content (AvgIpc) is 3.21. The molecule has 0 bridgehead atoms. The van der Waals surface area contributed by atoms with Crippen LogP contribution in [0.4, 0.5) is 11.6 Å². The third-order valence-electron chi connectivity index (χ3n) is 5.77. The van der Waals surface area contributed by atoms with Crippen LogP contribution in [-0.4, -0.2) is 27.7 Å². The van der Waals surface area contributed by atoms with E-state index in [1.54, 1.807) is 19.2 Å². The quantitative estimate of drug-likeness (QED) is 0.309. The second-order valence-corrected chi connectivity index (χ2v) is 7.91. The molecule has 0 spiro atoms. The van der Waals surface area contributed by atoms with Gasteiger partial charge in [-0.2, -0.15) is 0 Å². The van der Waals surface area contributed by atoms with Gasteiger partial charge in [0.05, 0.1) is 30.3 Å². The molecule has 0 saturated carbocycles. The Bertz CT molecular complexity index is 1460. The van der Waals surface area contributed by atoms with Gasteiger partial charge in [-0.05, 0) is 59.2 Å². The zero-order valence-corrected chi connectivity index (χ0v) is 18.6. The van der Waals surface area contributed by atoms with Gasteiger partial charge in [0.2, 0.25) is 5.95 Å². The molecule has 1 heterocycles. The normalized spacial score (nSPS) is 10.9. The van der Waals surface area contributed by atoms with E-state index >= 15 is 0 Å². The predicted octanol–water partition coefficient (Wildman–Crippen LogP) is 6.20. The van der Waals surface area contributed by atoms with Gasteiger partial charge in [0.25, 0.3) is 0 Å². The van der Waals surface area contributed by atoms with Crippen LogP contribution in [0.25, 0.3) is 22.2 Å². The van der Waals surface area contributed by atoms with E-state index in [-0.39, 0.29) is 5.56 Å². The first-order chi connectivity index (χ1) is 16.6. The molecular formula is C28H23N3O3. The van der Waals surface area contributed by atoms with Gasteiger partial charge in [0.1, 0.15) is 5.75 Å². The molecule has 4 aromatic carbocycles. The minimum absolute atomic E-state index is 0.206. The van der Waals surface area contributed by atoms with Crippen molar-refractivity contribution < 1.29 is 14.6 Å². The highest BCUT2D eigenvalue weighted by molar-refractivity contribution is 5.93. The number of carboxylic acids is 1. The number of fused-ring (bicyclic) bond motifs is 1. The molecule has 0 atom stereocenters. The number of ether oxygens (including phenoxy) is 1. The van der Waals surface area contributed by atoms with Crippen molar-refractivity contribution in [2.75, 3.05) is 12.4 Å². The number of anilines is 2. The Labute approximate surface area is 197 Å². The van der Waals surface area contributed by atoms with E-state index in [1.165, 1.54) is 0 Å². The number of benzene rings is 4. The SMILES string of the molecule is COc1ccc(Nc2nc3cc(C(=O)O)ccc3n2Cc2ccccc2-c2ccccc2)cc1. The number of hydrogen-bond acceptors (Lipinski definition) is 4. The Morgan fingerprint density at radius 1 is 0.941 bits per heavy atom. The molecule has 0 aliphatic heterocycles. The highest BCUT2D eigenvalue weighted by Crippen LogP contribution is 2.29. The lowest BCUT2D eigenvalue weighted by Gasteiger charge is -2.15. The standard InChI is InChI=1S/C28H23N3O3/c1-34-23-14-12-22(13-15-23)29-28-30-25-17-20(27(32)33)11-16-26(25)31(28)18-21-9-5-6-10-24(21)19-7-3-2-4-8-19/h2-17H,18H2,1H3,(H,29,30)(H,32,33). The Hall–Kier alpha value is -4.58. The topological polar surface area (TPSA) is 76.4 Å². The van der Waals surface area contributed by atoms with Crippen molar-refractivity contribution in [2.24, 2.45) is 0 Å². The van der Waals surface area contributed by atoms with Crippen LogP contribution in [0.2, 0.25) is 0 Å². The van der Waals surface area contributed by atoms with Gasteiger partial charge in [-0.1, -0.05) is 54.6 Å². The maximum atomic E-state index is 11.5. The summed E-state index contributed by atoms with van der Waals surface area (Å²) < 4.78 is 7.33. The van der Waals surface area contributed by atoms with Gasteiger partial charge in [-0.15, -0.1) is 0 Å². The van der Waals surface area contributed by atoms with Gasteiger partial charge in [-0.3, -0.25) is 0 Å². The maximum absolute atomic E-state index is 11.5. The number of carboxylic acid groups (broad SMARTS) is 1. The zero-order chi connectivity index (χ0) is 23.5. The van der Waals surface area contributed by atoms with Crippen molar-refractivity contribution in [1.29, 1.82) is 0 Å².